The molecular formula is C14H19N. The summed E-state index contributed by atoms with van der Waals surface area (Å²) in [5, 5.41) is 4.34. The van der Waals surface area contributed by atoms with Gasteiger partial charge in [-0.25, -0.2) is 0 Å². The van der Waals surface area contributed by atoms with Crippen molar-refractivity contribution in [2.45, 2.75) is 26.8 Å². The van der Waals surface area contributed by atoms with E-state index in [4.69, 9.17) is 0 Å². The van der Waals surface area contributed by atoms with E-state index in [1.165, 1.54) is 0 Å². The van der Waals surface area contributed by atoms with Crippen LogP contribution in [0.4, 0.5) is 0 Å². The lowest BCUT2D eigenvalue weighted by atomic mass is 10.3. The van der Waals surface area contributed by atoms with Crippen molar-refractivity contribution in [3.8, 4) is 0 Å². The molecule has 0 aliphatic carbocycles. The maximum atomic E-state index is 4.11. The average molecular weight is 201 g/mol. The van der Waals surface area contributed by atoms with Gasteiger partial charge in [0.2, 0.25) is 0 Å². The van der Waals surface area contributed by atoms with Crippen LogP contribution in [-0.2, 0) is 0 Å². The Bertz CT molecular complexity index is 570. The number of nitrogens with zero attached hydrogens (tertiary/aromatic N) is 1. The summed E-state index contributed by atoms with van der Waals surface area (Å²) in [4.78, 5) is 0. The van der Waals surface area contributed by atoms with Crippen molar-refractivity contribution in [3.05, 3.63) is 33.8 Å². The van der Waals surface area contributed by atoms with Gasteiger partial charge in [0.1, 0.15) is 0 Å². The molecular weight excluding hydrogens is 182 g/mol. The van der Waals surface area contributed by atoms with Crippen LogP contribution >= 0.6 is 0 Å². The first-order valence-electron chi connectivity index (χ1n) is 5.21. The van der Waals surface area contributed by atoms with E-state index in [2.05, 4.69) is 44.2 Å². The molecule has 0 amide bonds. The van der Waals surface area contributed by atoms with Crippen LogP contribution in [0.15, 0.2) is 12.7 Å². The quantitative estimate of drug-likeness (QED) is 0.662. The summed E-state index contributed by atoms with van der Waals surface area (Å²) in [7, 11) is 0. The molecule has 1 nitrogen and oxygen atoms in total. The van der Waals surface area contributed by atoms with Crippen molar-refractivity contribution < 1.29 is 0 Å². The lowest BCUT2D eigenvalue weighted by molar-refractivity contribution is 0.574. The number of allylic oxidation sites excluding steroid dienone is 1. The highest BCUT2D eigenvalue weighted by molar-refractivity contribution is 5.39. The molecule has 0 bridgehead atoms. The molecule has 0 aliphatic heterocycles. The minimum atomic E-state index is 0.385. The number of hydrogen-bond donors (Lipinski definition) is 0. The van der Waals surface area contributed by atoms with E-state index in [-0.39, 0.29) is 0 Å². The zero-order valence-corrected chi connectivity index (χ0v) is 9.88. The third-order valence-electron chi connectivity index (χ3n) is 2.58. The van der Waals surface area contributed by atoms with Crippen LogP contribution in [0.25, 0.3) is 25.3 Å². The highest BCUT2D eigenvalue weighted by atomic mass is 15.0. The Kier molecular flexibility index (Phi) is 3.35. The molecule has 0 fully saturated rings. The van der Waals surface area contributed by atoms with Crippen LogP contribution in [0.1, 0.15) is 26.8 Å². The van der Waals surface area contributed by atoms with Crippen molar-refractivity contribution in [3.63, 3.8) is 0 Å². The second-order valence-electron chi connectivity index (χ2n) is 3.88. The van der Waals surface area contributed by atoms with Gasteiger partial charge in [-0.1, -0.05) is 38.0 Å². The standard InChI is InChI=1S/C14H19N/c1-7-9-14-12(6)15(10(3)4)11(5)13(14)8-2/h7-10H,1,5-6H2,2-4H3/b13-8-,14-9-. The first-order valence-corrected chi connectivity index (χ1v) is 5.21. The van der Waals surface area contributed by atoms with Crippen molar-refractivity contribution >= 4 is 25.3 Å². The van der Waals surface area contributed by atoms with E-state index in [1.54, 1.807) is 6.08 Å². The summed E-state index contributed by atoms with van der Waals surface area (Å²) >= 11 is 0. The molecule has 1 heteroatoms. The van der Waals surface area contributed by atoms with E-state index >= 15 is 0 Å². The van der Waals surface area contributed by atoms with Crippen LogP contribution < -0.4 is 21.1 Å². The van der Waals surface area contributed by atoms with E-state index in [0.717, 1.165) is 21.1 Å². The normalized spacial score (nSPS) is 13.9. The van der Waals surface area contributed by atoms with Crippen molar-refractivity contribution in [1.82, 2.24) is 4.57 Å². The van der Waals surface area contributed by atoms with Crippen LogP contribution in [-0.4, -0.2) is 4.57 Å². The van der Waals surface area contributed by atoms with Gasteiger partial charge in [-0.3, -0.25) is 0 Å². The Labute approximate surface area is 91.1 Å². The molecule has 0 spiro atoms. The topological polar surface area (TPSA) is 4.93 Å². The van der Waals surface area contributed by atoms with Crippen molar-refractivity contribution in [2.75, 3.05) is 0 Å². The van der Waals surface area contributed by atoms with Gasteiger partial charge in [0.25, 0.3) is 0 Å². The molecule has 0 N–H and O–H groups in total. The lowest BCUT2D eigenvalue weighted by Crippen LogP contribution is -2.36. The second kappa shape index (κ2) is 4.35. The second-order valence-corrected chi connectivity index (χ2v) is 3.88. The summed E-state index contributed by atoms with van der Waals surface area (Å²) in [5.41, 5.74) is 0. The molecule has 0 aliphatic rings. The Balaban J connectivity index is 3.96. The monoisotopic (exact) mass is 201 g/mol. The third kappa shape index (κ3) is 1.82. The Morgan fingerprint density at radius 2 is 1.67 bits per heavy atom. The molecule has 1 aromatic heterocycles. The van der Waals surface area contributed by atoms with Gasteiger partial charge in [0, 0.05) is 27.2 Å². The van der Waals surface area contributed by atoms with E-state index in [9.17, 15) is 0 Å². The van der Waals surface area contributed by atoms with Crippen molar-refractivity contribution in [2.24, 2.45) is 0 Å². The Morgan fingerprint density at radius 3 is 2.07 bits per heavy atom. The lowest BCUT2D eigenvalue weighted by Gasteiger charge is -2.07. The molecule has 1 aromatic rings. The molecule has 15 heavy (non-hydrogen) atoms. The summed E-state index contributed by atoms with van der Waals surface area (Å²) in [6.45, 7) is 18.3. The summed E-state index contributed by atoms with van der Waals surface area (Å²) in [5.74, 6) is 0. The molecule has 0 saturated carbocycles. The largest absolute Gasteiger partial charge is 0.339 e. The van der Waals surface area contributed by atoms with Gasteiger partial charge in [-0.05, 0) is 20.8 Å². The van der Waals surface area contributed by atoms with Crippen molar-refractivity contribution in [1.29, 1.82) is 0 Å². The van der Waals surface area contributed by atoms with Gasteiger partial charge in [-0.15, -0.1) is 0 Å². The maximum absolute atomic E-state index is 4.11. The minimum absolute atomic E-state index is 0.385. The summed E-state index contributed by atoms with van der Waals surface area (Å²) in [6.07, 6.45) is 5.86. The third-order valence-corrected chi connectivity index (χ3v) is 2.58. The smallest absolute Gasteiger partial charge is 0.0420 e. The zero-order valence-electron chi connectivity index (χ0n) is 9.88. The van der Waals surface area contributed by atoms with Crippen LogP contribution in [0, 0.1) is 0 Å². The van der Waals surface area contributed by atoms with Crippen LogP contribution in [0.2, 0.25) is 0 Å². The van der Waals surface area contributed by atoms with E-state index in [0.29, 0.717) is 6.04 Å². The van der Waals surface area contributed by atoms with Gasteiger partial charge in [-0.2, -0.15) is 0 Å². The predicted molar refractivity (Wildman–Crippen MR) is 69.2 cm³/mol. The molecule has 1 rings (SSSR count). The fraction of sp³-hybridized carbons (Fsp3) is 0.286. The van der Waals surface area contributed by atoms with Gasteiger partial charge >= 0.3 is 0 Å². The average Bonchev–Trinajstić information content (AvgIpc) is 2.39. The van der Waals surface area contributed by atoms with E-state index in [1.807, 2.05) is 13.0 Å². The first kappa shape index (κ1) is 11.6. The first-order chi connectivity index (χ1) is 7.04. The Morgan fingerprint density at radius 1 is 1.13 bits per heavy atom. The highest BCUT2D eigenvalue weighted by Gasteiger charge is 2.02. The summed E-state index contributed by atoms with van der Waals surface area (Å²) in [6, 6.07) is 0.385. The molecule has 0 saturated heterocycles. The van der Waals surface area contributed by atoms with Gasteiger partial charge in [0.05, 0.1) is 0 Å². The number of rotatable bonds is 2. The fourth-order valence-corrected chi connectivity index (χ4v) is 1.98. The number of aromatic nitrogens is 1. The molecule has 0 unspecified atom stereocenters. The molecule has 80 valence electrons. The fourth-order valence-electron chi connectivity index (χ4n) is 1.98. The van der Waals surface area contributed by atoms with Gasteiger partial charge in [0.15, 0.2) is 0 Å². The van der Waals surface area contributed by atoms with Crippen LogP contribution in [0.5, 0.6) is 0 Å². The Hall–Kier alpha value is -1.50. The summed E-state index contributed by atoms with van der Waals surface area (Å²) < 4.78 is 2.16. The highest BCUT2D eigenvalue weighted by Crippen LogP contribution is 1.91. The predicted octanol–water partition coefficient (Wildman–Crippen LogP) is 0.657. The van der Waals surface area contributed by atoms with Crippen LogP contribution in [0.3, 0.4) is 0 Å². The molecule has 0 aromatic carbocycles. The molecule has 0 radical (unpaired) electrons. The maximum Gasteiger partial charge on any atom is 0.0420 e. The SMILES string of the molecule is C=C/C=c1/c(=C)n(C(C)C)c(=C)/c1=C/C. The molecule has 1 heterocycles. The minimum Gasteiger partial charge on any atom is -0.339 e. The number of hydrogen-bond acceptors (Lipinski definition) is 0. The molecule has 0 atom stereocenters. The van der Waals surface area contributed by atoms with Gasteiger partial charge < -0.3 is 4.57 Å². The zero-order chi connectivity index (χ0) is 11.6. The van der Waals surface area contributed by atoms with E-state index < -0.39 is 0 Å².